The van der Waals surface area contributed by atoms with Gasteiger partial charge in [-0.15, -0.1) is 0 Å². The number of methoxy groups -OCH3 is 2. The summed E-state index contributed by atoms with van der Waals surface area (Å²) < 4.78 is 46.7. The number of alkyl halides is 1. The lowest BCUT2D eigenvalue weighted by atomic mass is 9.80. The van der Waals surface area contributed by atoms with Crippen LogP contribution in [0.1, 0.15) is 56.6 Å². The lowest BCUT2D eigenvalue weighted by Crippen LogP contribution is -2.32. The Kier molecular flexibility index (Phi) is 12.9. The zero-order valence-electron chi connectivity index (χ0n) is 27.1. The fraction of sp³-hybridized carbons (Fsp3) is 0.471. The monoisotopic (exact) mass is 733 g/mol. The summed E-state index contributed by atoms with van der Waals surface area (Å²) in [4.78, 5) is 11.7. The van der Waals surface area contributed by atoms with Gasteiger partial charge in [0, 0.05) is 37.1 Å². The number of hydrogen-bond donors (Lipinski definition) is 2. The van der Waals surface area contributed by atoms with Gasteiger partial charge < -0.3 is 24.6 Å². The van der Waals surface area contributed by atoms with E-state index in [9.17, 15) is 23.6 Å². The molecule has 11 nitrogen and oxygen atoms in total. The van der Waals surface area contributed by atoms with Crippen molar-refractivity contribution in [1.82, 2.24) is 4.31 Å². The van der Waals surface area contributed by atoms with Crippen LogP contribution in [0.2, 0.25) is 0 Å². The number of ether oxygens (including phenoxy) is 3. The number of nitro groups is 1. The predicted octanol–water partition coefficient (Wildman–Crippen LogP) is 6.91. The fourth-order valence-electron chi connectivity index (χ4n) is 5.53. The Bertz CT molecular complexity index is 1520. The molecule has 1 fully saturated rings. The van der Waals surface area contributed by atoms with Crippen LogP contribution in [0.3, 0.4) is 0 Å². The van der Waals surface area contributed by atoms with Gasteiger partial charge in [0.05, 0.1) is 36.2 Å². The number of nitrogens with zero attached hydrogens (tertiary/aromatic N) is 2. The van der Waals surface area contributed by atoms with E-state index in [1.165, 1.54) is 10.4 Å². The molecule has 0 bridgehead atoms. The molecule has 0 unspecified atom stereocenters. The highest BCUT2D eigenvalue weighted by Crippen LogP contribution is 2.40. The zero-order valence-corrected chi connectivity index (χ0v) is 29.5. The van der Waals surface area contributed by atoms with Crippen molar-refractivity contribution in [1.29, 1.82) is 0 Å². The van der Waals surface area contributed by atoms with Gasteiger partial charge in [0.15, 0.2) is 11.4 Å². The maximum Gasteiger partial charge on any atom is 0.297 e. The molecule has 13 heteroatoms. The molecular weight excluding hydrogens is 690 g/mol. The number of sulfonamides is 1. The van der Waals surface area contributed by atoms with E-state index in [1.54, 1.807) is 62.8 Å². The van der Waals surface area contributed by atoms with Gasteiger partial charge >= 0.3 is 0 Å². The maximum absolute atomic E-state index is 14.4. The van der Waals surface area contributed by atoms with Gasteiger partial charge in [-0.25, -0.2) is 8.42 Å². The molecule has 0 spiro atoms. The zero-order chi connectivity index (χ0) is 34.0. The van der Waals surface area contributed by atoms with E-state index in [4.69, 9.17) is 14.2 Å². The van der Waals surface area contributed by atoms with Gasteiger partial charge in [0.25, 0.3) is 5.69 Å². The highest BCUT2D eigenvalue weighted by molar-refractivity contribution is 9.09. The average molecular weight is 735 g/mol. The molecule has 0 amide bonds. The second-order valence-corrected chi connectivity index (χ2v) is 14.8. The first kappa shape index (κ1) is 36.4. The minimum absolute atomic E-state index is 0.0129. The molecule has 0 radical (unpaired) electrons. The minimum Gasteiger partial charge on any atom is -0.497 e. The van der Waals surface area contributed by atoms with Crippen LogP contribution < -0.4 is 19.5 Å². The third-order valence-corrected chi connectivity index (χ3v) is 10.8. The van der Waals surface area contributed by atoms with Gasteiger partial charge in [-0.05, 0) is 86.8 Å². The van der Waals surface area contributed by atoms with Crippen LogP contribution in [0.15, 0.2) is 65.6 Å². The molecule has 1 aliphatic rings. The Hall–Kier alpha value is -3.39. The summed E-state index contributed by atoms with van der Waals surface area (Å²) in [7, 11) is -1.17. The van der Waals surface area contributed by atoms with Crippen LogP contribution in [0.4, 0.5) is 11.4 Å². The lowest BCUT2D eigenvalue weighted by Gasteiger charge is -2.33. The van der Waals surface area contributed by atoms with Crippen molar-refractivity contribution in [3.8, 4) is 17.2 Å². The molecular formula is C34H44BrN3O8S. The standard InChI is InChI=1S/C34H44BrN3O8S/c1-34(39)16-14-25(15-17-34)22-36-33-31(38(40)41)20-30(21-32(33)46-19-5-4-18-35)47(42,43)37(23-26-6-10-28(44-2)11-7-26)24-27-8-12-29(45-3)13-9-27/h6-13,20-21,25,36,39H,4-5,14-19,22-24H2,1-3H3. The number of rotatable bonds is 17. The summed E-state index contributed by atoms with van der Waals surface area (Å²) in [6.07, 6.45) is 4.33. The molecule has 0 heterocycles. The van der Waals surface area contributed by atoms with Crippen LogP contribution in [0, 0.1) is 16.0 Å². The number of nitrogens with one attached hydrogen (secondary N) is 1. The summed E-state index contributed by atoms with van der Waals surface area (Å²) in [5.74, 6) is 1.59. The largest absolute Gasteiger partial charge is 0.497 e. The van der Waals surface area contributed by atoms with Crippen LogP contribution in [-0.2, 0) is 23.1 Å². The number of halogens is 1. The normalized spacial score (nSPS) is 18.1. The second-order valence-electron chi connectivity index (χ2n) is 12.1. The molecule has 1 saturated carbocycles. The van der Waals surface area contributed by atoms with Crippen molar-refractivity contribution in [2.75, 3.05) is 38.0 Å². The Labute approximate surface area is 285 Å². The predicted molar refractivity (Wildman–Crippen MR) is 185 cm³/mol. The molecule has 0 saturated heterocycles. The molecule has 256 valence electrons. The van der Waals surface area contributed by atoms with Crippen molar-refractivity contribution in [2.24, 2.45) is 5.92 Å². The first-order chi connectivity index (χ1) is 22.5. The highest BCUT2D eigenvalue weighted by atomic mass is 79.9. The van der Waals surface area contributed by atoms with Crippen LogP contribution in [-0.4, -0.2) is 61.1 Å². The van der Waals surface area contributed by atoms with Gasteiger partial charge in [0.1, 0.15) is 11.5 Å². The number of unbranched alkanes of at least 4 members (excludes halogenated alkanes) is 1. The Morgan fingerprint density at radius 3 is 2.02 bits per heavy atom. The molecule has 1 aliphatic carbocycles. The van der Waals surface area contributed by atoms with E-state index in [2.05, 4.69) is 21.2 Å². The third-order valence-electron chi connectivity index (χ3n) is 8.46. The number of anilines is 1. The SMILES string of the molecule is COc1ccc(CN(Cc2ccc(OC)cc2)S(=O)(=O)c2cc(OCCCCBr)c(NCC3CCC(C)(O)CC3)c([N+](=O)[O-])c2)cc1. The number of hydrogen-bond acceptors (Lipinski definition) is 9. The van der Waals surface area contributed by atoms with Gasteiger partial charge in [-0.3, -0.25) is 10.1 Å². The van der Waals surface area contributed by atoms with Crippen LogP contribution in [0.25, 0.3) is 0 Å². The Morgan fingerprint density at radius 1 is 0.979 bits per heavy atom. The molecule has 4 rings (SSSR count). The molecule has 3 aromatic carbocycles. The number of benzene rings is 3. The first-order valence-electron chi connectivity index (χ1n) is 15.7. The summed E-state index contributed by atoms with van der Waals surface area (Å²) in [6.45, 7) is 2.54. The van der Waals surface area contributed by atoms with Gasteiger partial charge in [0.2, 0.25) is 10.0 Å². The fourth-order valence-corrected chi connectivity index (χ4v) is 7.38. The summed E-state index contributed by atoms with van der Waals surface area (Å²) >= 11 is 3.41. The maximum atomic E-state index is 14.4. The average Bonchev–Trinajstić information content (AvgIpc) is 3.06. The quantitative estimate of drug-likeness (QED) is 0.0655. The first-order valence-corrected chi connectivity index (χ1v) is 18.3. The molecule has 47 heavy (non-hydrogen) atoms. The second kappa shape index (κ2) is 16.6. The molecule has 0 aliphatic heterocycles. The van der Waals surface area contributed by atoms with Crippen LogP contribution >= 0.6 is 15.9 Å². The third kappa shape index (κ3) is 10.1. The molecule has 0 aromatic heterocycles. The minimum atomic E-state index is -4.28. The van der Waals surface area contributed by atoms with Gasteiger partial charge in [-0.1, -0.05) is 40.2 Å². The molecule has 0 atom stereocenters. The van der Waals surface area contributed by atoms with Crippen molar-refractivity contribution in [3.63, 3.8) is 0 Å². The van der Waals surface area contributed by atoms with E-state index in [0.29, 0.717) is 48.4 Å². The van der Waals surface area contributed by atoms with Crippen molar-refractivity contribution in [2.45, 2.75) is 69.0 Å². The van der Waals surface area contributed by atoms with E-state index in [1.807, 2.05) is 6.92 Å². The highest BCUT2D eigenvalue weighted by Gasteiger charge is 2.32. The molecule has 2 N–H and O–H groups in total. The molecule has 3 aromatic rings. The number of nitro benzene ring substituents is 1. The lowest BCUT2D eigenvalue weighted by molar-refractivity contribution is -0.384. The summed E-state index contributed by atoms with van der Waals surface area (Å²) in [5, 5.41) is 26.8. The van der Waals surface area contributed by atoms with E-state index in [0.717, 1.165) is 30.7 Å². The van der Waals surface area contributed by atoms with E-state index in [-0.39, 0.29) is 47.6 Å². The Morgan fingerprint density at radius 2 is 1.53 bits per heavy atom. The summed E-state index contributed by atoms with van der Waals surface area (Å²) in [5.41, 5.74) is 0.507. The van der Waals surface area contributed by atoms with Gasteiger partial charge in [-0.2, -0.15) is 4.31 Å². The topological polar surface area (TPSA) is 140 Å². The van der Waals surface area contributed by atoms with Crippen molar-refractivity contribution in [3.05, 3.63) is 81.9 Å². The van der Waals surface area contributed by atoms with Crippen molar-refractivity contribution < 1.29 is 32.7 Å². The smallest absolute Gasteiger partial charge is 0.297 e. The summed E-state index contributed by atoms with van der Waals surface area (Å²) in [6, 6.07) is 16.7. The van der Waals surface area contributed by atoms with E-state index < -0.39 is 20.5 Å². The Balaban J connectivity index is 1.72. The van der Waals surface area contributed by atoms with E-state index >= 15 is 0 Å². The number of aliphatic hydroxyl groups is 1. The van der Waals surface area contributed by atoms with Crippen LogP contribution in [0.5, 0.6) is 17.2 Å². The van der Waals surface area contributed by atoms with Crippen molar-refractivity contribution >= 4 is 37.3 Å².